The highest BCUT2D eigenvalue weighted by molar-refractivity contribution is 5.15. The first-order valence-electron chi connectivity index (χ1n) is 7.08. The number of benzene rings is 1. The van der Waals surface area contributed by atoms with Crippen molar-refractivity contribution >= 4 is 0 Å². The van der Waals surface area contributed by atoms with Crippen molar-refractivity contribution in [1.29, 1.82) is 0 Å². The SMILES string of the molecule is CNCC1CCCCCC1Cc1ccccc1. The Morgan fingerprint density at radius 3 is 2.41 bits per heavy atom. The normalized spacial score (nSPS) is 25.5. The topological polar surface area (TPSA) is 12.0 Å². The molecule has 2 rings (SSSR count). The highest BCUT2D eigenvalue weighted by atomic mass is 14.8. The lowest BCUT2D eigenvalue weighted by Crippen LogP contribution is -2.26. The second-order valence-electron chi connectivity index (χ2n) is 5.41. The minimum Gasteiger partial charge on any atom is -0.319 e. The average Bonchev–Trinajstić information content (AvgIpc) is 2.57. The zero-order valence-corrected chi connectivity index (χ0v) is 11.0. The maximum Gasteiger partial charge on any atom is -0.00208 e. The van der Waals surface area contributed by atoms with Crippen LogP contribution < -0.4 is 5.32 Å². The van der Waals surface area contributed by atoms with Gasteiger partial charge in [-0.3, -0.25) is 0 Å². The Bertz CT molecular complexity index is 307. The molecule has 94 valence electrons. The summed E-state index contributed by atoms with van der Waals surface area (Å²) in [5.74, 6) is 1.76. The molecule has 1 aromatic rings. The fourth-order valence-corrected chi connectivity index (χ4v) is 3.18. The zero-order valence-electron chi connectivity index (χ0n) is 11.0. The number of hydrogen-bond donors (Lipinski definition) is 1. The molecule has 1 heteroatoms. The van der Waals surface area contributed by atoms with Crippen LogP contribution in [0.4, 0.5) is 0 Å². The molecule has 1 aliphatic rings. The van der Waals surface area contributed by atoms with Gasteiger partial charge in [0.2, 0.25) is 0 Å². The molecule has 1 fully saturated rings. The summed E-state index contributed by atoms with van der Waals surface area (Å²) in [4.78, 5) is 0. The highest BCUT2D eigenvalue weighted by Crippen LogP contribution is 2.31. The molecule has 0 saturated heterocycles. The first-order valence-corrected chi connectivity index (χ1v) is 7.08. The molecular formula is C16H25N. The van der Waals surface area contributed by atoms with Crippen molar-refractivity contribution in [1.82, 2.24) is 5.32 Å². The Morgan fingerprint density at radius 1 is 1.00 bits per heavy atom. The molecule has 0 aliphatic heterocycles. The lowest BCUT2D eigenvalue weighted by Gasteiger charge is -2.25. The monoisotopic (exact) mass is 231 g/mol. The third kappa shape index (κ3) is 3.85. The van der Waals surface area contributed by atoms with Crippen LogP contribution in [0.2, 0.25) is 0 Å². The summed E-state index contributed by atoms with van der Waals surface area (Å²) in [5, 5.41) is 3.38. The number of nitrogens with one attached hydrogen (secondary N) is 1. The quantitative estimate of drug-likeness (QED) is 0.780. The third-order valence-electron chi connectivity index (χ3n) is 4.12. The van der Waals surface area contributed by atoms with Crippen molar-refractivity contribution in [3.8, 4) is 0 Å². The van der Waals surface area contributed by atoms with Crippen LogP contribution in [-0.4, -0.2) is 13.6 Å². The Labute approximate surface area is 106 Å². The molecule has 0 spiro atoms. The maximum atomic E-state index is 3.38. The molecule has 2 atom stereocenters. The fraction of sp³-hybridized carbons (Fsp3) is 0.625. The van der Waals surface area contributed by atoms with Gasteiger partial charge in [0.15, 0.2) is 0 Å². The van der Waals surface area contributed by atoms with Crippen molar-refractivity contribution in [3.63, 3.8) is 0 Å². The molecule has 0 heterocycles. The van der Waals surface area contributed by atoms with Gasteiger partial charge in [0, 0.05) is 0 Å². The van der Waals surface area contributed by atoms with E-state index in [1.807, 2.05) is 0 Å². The highest BCUT2D eigenvalue weighted by Gasteiger charge is 2.23. The van der Waals surface area contributed by atoms with Gasteiger partial charge in [-0.1, -0.05) is 49.6 Å². The van der Waals surface area contributed by atoms with Crippen LogP contribution in [0.5, 0.6) is 0 Å². The van der Waals surface area contributed by atoms with Gasteiger partial charge in [-0.2, -0.15) is 0 Å². The van der Waals surface area contributed by atoms with Crippen molar-refractivity contribution in [3.05, 3.63) is 35.9 Å². The lowest BCUT2D eigenvalue weighted by atomic mass is 9.83. The lowest BCUT2D eigenvalue weighted by molar-refractivity contribution is 0.304. The smallest absolute Gasteiger partial charge is 0.00208 e. The second-order valence-corrected chi connectivity index (χ2v) is 5.41. The van der Waals surface area contributed by atoms with Crippen LogP contribution >= 0.6 is 0 Å². The predicted octanol–water partition coefficient (Wildman–Crippen LogP) is 3.65. The molecule has 1 saturated carbocycles. The molecular weight excluding hydrogens is 206 g/mol. The van der Waals surface area contributed by atoms with Gasteiger partial charge in [0.1, 0.15) is 0 Å². The van der Waals surface area contributed by atoms with E-state index in [1.165, 1.54) is 50.6 Å². The first-order chi connectivity index (χ1) is 8.40. The summed E-state index contributed by atoms with van der Waals surface area (Å²) in [6, 6.07) is 11.0. The van der Waals surface area contributed by atoms with Crippen molar-refractivity contribution in [2.75, 3.05) is 13.6 Å². The van der Waals surface area contributed by atoms with Gasteiger partial charge in [-0.05, 0) is 50.3 Å². The zero-order chi connectivity index (χ0) is 11.9. The predicted molar refractivity (Wildman–Crippen MR) is 74.1 cm³/mol. The summed E-state index contributed by atoms with van der Waals surface area (Å²) in [6.45, 7) is 1.19. The van der Waals surface area contributed by atoms with Crippen LogP contribution in [0.3, 0.4) is 0 Å². The van der Waals surface area contributed by atoms with E-state index in [4.69, 9.17) is 0 Å². The maximum absolute atomic E-state index is 3.38. The summed E-state index contributed by atoms with van der Waals surface area (Å²) < 4.78 is 0. The van der Waals surface area contributed by atoms with E-state index in [0.717, 1.165) is 11.8 Å². The largest absolute Gasteiger partial charge is 0.319 e. The second kappa shape index (κ2) is 6.80. The van der Waals surface area contributed by atoms with Gasteiger partial charge in [-0.15, -0.1) is 0 Å². The van der Waals surface area contributed by atoms with Crippen molar-refractivity contribution in [2.24, 2.45) is 11.8 Å². The molecule has 1 aromatic carbocycles. The minimum atomic E-state index is 0.878. The summed E-state index contributed by atoms with van der Waals surface area (Å²) >= 11 is 0. The van der Waals surface area contributed by atoms with Crippen LogP contribution in [-0.2, 0) is 6.42 Å². The van der Waals surface area contributed by atoms with Crippen LogP contribution in [0.25, 0.3) is 0 Å². The Morgan fingerprint density at radius 2 is 1.71 bits per heavy atom. The summed E-state index contributed by atoms with van der Waals surface area (Å²) in [7, 11) is 2.09. The molecule has 2 unspecified atom stereocenters. The van der Waals surface area contributed by atoms with Gasteiger partial charge < -0.3 is 5.32 Å². The van der Waals surface area contributed by atoms with Crippen molar-refractivity contribution in [2.45, 2.75) is 38.5 Å². The van der Waals surface area contributed by atoms with Crippen LogP contribution in [0.1, 0.15) is 37.7 Å². The summed E-state index contributed by atoms with van der Waals surface area (Å²) in [5.41, 5.74) is 1.51. The summed E-state index contributed by atoms with van der Waals surface area (Å²) in [6.07, 6.45) is 8.40. The van der Waals surface area contributed by atoms with Gasteiger partial charge >= 0.3 is 0 Å². The Hall–Kier alpha value is -0.820. The van der Waals surface area contributed by atoms with Gasteiger partial charge in [0.25, 0.3) is 0 Å². The van der Waals surface area contributed by atoms with E-state index in [0.29, 0.717) is 0 Å². The van der Waals surface area contributed by atoms with Crippen LogP contribution in [0, 0.1) is 11.8 Å². The molecule has 0 bridgehead atoms. The average molecular weight is 231 g/mol. The van der Waals surface area contributed by atoms with Crippen LogP contribution in [0.15, 0.2) is 30.3 Å². The van der Waals surface area contributed by atoms with E-state index in [9.17, 15) is 0 Å². The molecule has 1 nitrogen and oxygen atoms in total. The molecule has 0 radical (unpaired) electrons. The molecule has 0 aromatic heterocycles. The third-order valence-corrected chi connectivity index (χ3v) is 4.12. The Balaban J connectivity index is 1.99. The minimum absolute atomic E-state index is 0.878. The van der Waals surface area contributed by atoms with Gasteiger partial charge in [0.05, 0.1) is 0 Å². The molecule has 1 N–H and O–H groups in total. The first kappa shape index (κ1) is 12.6. The molecule has 0 amide bonds. The molecule has 17 heavy (non-hydrogen) atoms. The van der Waals surface area contributed by atoms with E-state index in [-0.39, 0.29) is 0 Å². The van der Waals surface area contributed by atoms with E-state index >= 15 is 0 Å². The van der Waals surface area contributed by atoms with E-state index < -0.39 is 0 Å². The van der Waals surface area contributed by atoms with E-state index in [2.05, 4.69) is 42.7 Å². The Kier molecular flexibility index (Phi) is 5.06. The van der Waals surface area contributed by atoms with E-state index in [1.54, 1.807) is 0 Å². The number of hydrogen-bond acceptors (Lipinski definition) is 1. The molecule has 1 aliphatic carbocycles. The standard InChI is InChI=1S/C16H25N/c1-17-13-16-11-7-3-6-10-15(16)12-14-8-4-2-5-9-14/h2,4-5,8-9,15-17H,3,6-7,10-13H2,1H3. The van der Waals surface area contributed by atoms with Gasteiger partial charge in [-0.25, -0.2) is 0 Å². The fourth-order valence-electron chi connectivity index (χ4n) is 3.18. The van der Waals surface area contributed by atoms with Crippen molar-refractivity contribution < 1.29 is 0 Å². The number of rotatable bonds is 4.